The van der Waals surface area contributed by atoms with Crippen molar-refractivity contribution in [3.63, 3.8) is 0 Å². The fourth-order valence-corrected chi connectivity index (χ4v) is 4.02. The minimum absolute atomic E-state index is 1.40. The Balaban J connectivity index is 4.81. The Labute approximate surface area is 121 Å². The molecule has 0 aliphatic carbocycles. The van der Waals surface area contributed by atoms with Crippen LogP contribution in [0.15, 0.2) is 0 Å². The zero-order chi connectivity index (χ0) is 17.1. The summed E-state index contributed by atoms with van der Waals surface area (Å²) < 4.78 is 106. The van der Waals surface area contributed by atoms with Crippen molar-refractivity contribution >= 4 is 29.7 Å². The molecular weight excluding hydrogens is 364 g/mol. The highest BCUT2D eigenvalue weighted by molar-refractivity contribution is 7.83. The lowest BCUT2D eigenvalue weighted by Gasteiger charge is -2.25. The third kappa shape index (κ3) is 8.06. The van der Waals surface area contributed by atoms with E-state index in [-0.39, 0.29) is 0 Å². The van der Waals surface area contributed by atoms with E-state index in [1.807, 2.05) is 0 Å². The summed E-state index contributed by atoms with van der Waals surface area (Å²) in [5.41, 5.74) is 0. The molecule has 0 radical (unpaired) electrons. The van der Waals surface area contributed by atoms with Crippen molar-refractivity contribution in [1.29, 1.82) is 0 Å². The summed E-state index contributed by atoms with van der Waals surface area (Å²) in [5, 5.41) is 0. The molecule has 0 heterocycles. The average molecular weight is 378 g/mol. The first-order valence-electron chi connectivity index (χ1n) is 5.21. The van der Waals surface area contributed by atoms with E-state index in [9.17, 15) is 34.4 Å². The molecule has 0 saturated carbocycles. The lowest BCUT2D eigenvalue weighted by molar-refractivity contribution is -0.232. The molecule has 14 heteroatoms. The monoisotopic (exact) mass is 378 g/mol. The van der Waals surface area contributed by atoms with Gasteiger partial charge in [-0.05, 0) is 19.6 Å². The lowest BCUT2D eigenvalue weighted by atomic mass is 10.2. The molecule has 21 heavy (non-hydrogen) atoms. The number of hydrogen-bond donors (Lipinski definition) is 1. The minimum Gasteiger partial charge on any atom is -0.294 e. The van der Waals surface area contributed by atoms with Gasteiger partial charge in [0.15, 0.2) is 0 Å². The van der Waals surface area contributed by atoms with Crippen molar-refractivity contribution in [2.24, 2.45) is 0 Å². The van der Waals surface area contributed by atoms with E-state index >= 15 is 0 Å². The van der Waals surface area contributed by atoms with Gasteiger partial charge >= 0.3 is 22.2 Å². The maximum atomic E-state index is 13.2. The normalized spacial score (nSPS) is 14.7. The minimum atomic E-state index is -4.98. The Morgan fingerprint density at radius 3 is 1.81 bits per heavy atom. The van der Waals surface area contributed by atoms with Gasteiger partial charge in [0, 0.05) is 0 Å². The summed E-state index contributed by atoms with van der Waals surface area (Å²) in [4.78, 5) is 0. The van der Waals surface area contributed by atoms with E-state index in [0.717, 1.165) is 0 Å². The molecule has 0 saturated heterocycles. The average Bonchev–Trinajstić information content (AvgIpc) is 2.20. The van der Waals surface area contributed by atoms with Gasteiger partial charge in [0.05, 0.1) is 0 Å². The van der Waals surface area contributed by atoms with Gasteiger partial charge in [-0.3, -0.25) is 8.06 Å². The van der Waals surface area contributed by atoms with Crippen molar-refractivity contribution in [3.05, 3.63) is 0 Å². The third-order valence-electron chi connectivity index (χ3n) is 1.62. The summed E-state index contributed by atoms with van der Waals surface area (Å²) in [6.45, 7) is -0.152. The molecule has 0 aromatic rings. The zero-order valence-electron chi connectivity index (χ0n) is 11.1. The predicted molar refractivity (Wildman–Crippen MR) is 65.5 cm³/mol. The SMILES string of the molecule is C[Si](C)(C)OS(=O)(=O)OCC(F)(F)C(F)(F)CO[SH](=O)=O. The Morgan fingerprint density at radius 2 is 1.43 bits per heavy atom. The Morgan fingerprint density at radius 1 is 1.00 bits per heavy atom. The summed E-state index contributed by atoms with van der Waals surface area (Å²) >= 11 is 0. The first kappa shape index (κ1) is 20.7. The highest BCUT2D eigenvalue weighted by Gasteiger charge is 2.57. The zero-order valence-corrected chi connectivity index (χ0v) is 13.9. The topological polar surface area (TPSA) is 96.0 Å². The van der Waals surface area contributed by atoms with E-state index in [1.165, 1.54) is 19.6 Å². The second-order valence-corrected chi connectivity index (χ2v) is 11.4. The van der Waals surface area contributed by atoms with Crippen molar-refractivity contribution in [3.8, 4) is 0 Å². The van der Waals surface area contributed by atoms with E-state index in [0.29, 0.717) is 0 Å². The molecule has 0 N–H and O–H groups in total. The van der Waals surface area contributed by atoms with Gasteiger partial charge in [0.1, 0.15) is 13.2 Å². The van der Waals surface area contributed by atoms with Gasteiger partial charge in [-0.25, -0.2) is 12.6 Å². The van der Waals surface area contributed by atoms with E-state index < -0.39 is 54.8 Å². The Bertz CT molecular complexity index is 518. The molecule has 0 aromatic heterocycles. The number of hydrogen-bond acceptors (Lipinski definition) is 7. The van der Waals surface area contributed by atoms with Gasteiger partial charge in [-0.15, -0.1) is 0 Å². The molecule has 0 aliphatic rings. The van der Waals surface area contributed by atoms with Crippen LogP contribution in [0.4, 0.5) is 17.6 Å². The van der Waals surface area contributed by atoms with Crippen LogP contribution in [0.25, 0.3) is 0 Å². The number of rotatable bonds is 9. The largest absolute Gasteiger partial charge is 0.390 e. The van der Waals surface area contributed by atoms with Gasteiger partial charge in [0.2, 0.25) is 8.32 Å². The molecular formula is C7H14F4O7S2Si. The van der Waals surface area contributed by atoms with Crippen molar-refractivity contribution in [2.75, 3.05) is 13.2 Å². The lowest BCUT2D eigenvalue weighted by Crippen LogP contribution is -2.48. The summed E-state index contributed by atoms with van der Waals surface area (Å²) in [7, 11) is -11.3. The van der Waals surface area contributed by atoms with Crippen LogP contribution in [-0.2, 0) is 33.6 Å². The van der Waals surface area contributed by atoms with Crippen LogP contribution in [-0.4, -0.2) is 50.2 Å². The van der Waals surface area contributed by atoms with Crippen LogP contribution < -0.4 is 0 Å². The smallest absolute Gasteiger partial charge is 0.294 e. The molecule has 7 nitrogen and oxygen atoms in total. The number of alkyl halides is 4. The molecule has 128 valence electrons. The van der Waals surface area contributed by atoms with Crippen LogP contribution in [0.2, 0.25) is 19.6 Å². The maximum Gasteiger partial charge on any atom is 0.390 e. The first-order chi connectivity index (χ1) is 9.08. The van der Waals surface area contributed by atoms with E-state index in [2.05, 4.69) is 12.2 Å². The summed E-state index contributed by atoms with van der Waals surface area (Å²) in [6.07, 6.45) is 0. The second-order valence-electron chi connectivity index (χ2n) is 4.77. The van der Waals surface area contributed by atoms with E-state index in [4.69, 9.17) is 0 Å². The molecule has 0 aliphatic heterocycles. The third-order valence-corrected chi connectivity index (χ3v) is 5.19. The highest BCUT2D eigenvalue weighted by atomic mass is 32.3. The Kier molecular flexibility index (Phi) is 6.77. The summed E-state index contributed by atoms with van der Waals surface area (Å²) in [5.74, 6) is -9.93. The van der Waals surface area contributed by atoms with Crippen molar-refractivity contribution in [2.45, 2.75) is 31.5 Å². The van der Waals surface area contributed by atoms with Crippen LogP contribution in [0.5, 0.6) is 0 Å². The van der Waals surface area contributed by atoms with Crippen LogP contribution in [0.1, 0.15) is 0 Å². The standard InChI is InChI=1S/C7H14F4O7S2Si/c1-21(2,3)18-20(14,15)17-5-7(10,11)6(8,9)4-16-19(12)13/h19H,4-5H2,1-3H3. The number of thiol groups is 1. The molecule has 0 rings (SSSR count). The highest BCUT2D eigenvalue weighted by Crippen LogP contribution is 2.35. The predicted octanol–water partition coefficient (Wildman–Crippen LogP) is 0.913. The van der Waals surface area contributed by atoms with Gasteiger partial charge in [-0.1, -0.05) is 0 Å². The maximum absolute atomic E-state index is 13.2. The second kappa shape index (κ2) is 6.87. The van der Waals surface area contributed by atoms with E-state index in [1.54, 1.807) is 0 Å². The van der Waals surface area contributed by atoms with Crippen LogP contribution in [0, 0.1) is 0 Å². The number of halogens is 4. The van der Waals surface area contributed by atoms with Gasteiger partial charge in [-0.2, -0.15) is 26.0 Å². The van der Waals surface area contributed by atoms with Crippen molar-refractivity contribution < 1.29 is 46.6 Å². The van der Waals surface area contributed by atoms with Crippen LogP contribution in [0.3, 0.4) is 0 Å². The summed E-state index contributed by atoms with van der Waals surface area (Å²) in [6, 6.07) is 0. The molecule has 0 bridgehead atoms. The first-order valence-corrected chi connectivity index (χ1v) is 11.0. The molecule has 0 spiro atoms. The quantitative estimate of drug-likeness (QED) is 0.362. The fourth-order valence-electron chi connectivity index (χ4n) is 0.821. The molecule has 0 amide bonds. The van der Waals surface area contributed by atoms with Gasteiger partial charge < -0.3 is 0 Å². The molecule has 0 atom stereocenters. The molecule has 0 unspecified atom stereocenters. The van der Waals surface area contributed by atoms with Gasteiger partial charge in [0.25, 0.3) is 11.0 Å². The molecule has 0 aromatic carbocycles. The molecule has 0 fully saturated rings. The Hall–Kier alpha value is -0.283. The fraction of sp³-hybridized carbons (Fsp3) is 1.00. The van der Waals surface area contributed by atoms with Crippen LogP contribution >= 0.6 is 0 Å². The van der Waals surface area contributed by atoms with Crippen molar-refractivity contribution in [1.82, 2.24) is 0 Å².